The number of hydrogen-bond donors (Lipinski definition) is 2. The number of hydrogen-bond acceptors (Lipinski definition) is 4. The Kier molecular flexibility index (Phi) is 3.36. The second-order valence-corrected chi connectivity index (χ2v) is 4.34. The summed E-state index contributed by atoms with van der Waals surface area (Å²) >= 11 is 0. The van der Waals surface area contributed by atoms with Crippen molar-refractivity contribution in [2.24, 2.45) is 5.73 Å². The number of primary amides is 1. The van der Waals surface area contributed by atoms with Crippen LogP contribution >= 0.6 is 0 Å². The molecular weight excluding hydrogens is 222 g/mol. The molecule has 0 heterocycles. The Labute approximate surface area is 99.0 Å². The first-order valence-electron chi connectivity index (χ1n) is 5.08. The van der Waals surface area contributed by atoms with Crippen LogP contribution in [0.3, 0.4) is 0 Å². The number of nitro groups is 1. The normalized spacial score (nSPS) is 11.0. The predicted octanol–water partition coefficient (Wildman–Crippen LogP) is 1.58. The van der Waals surface area contributed by atoms with Gasteiger partial charge in [-0.05, 0) is 26.3 Å². The van der Waals surface area contributed by atoms with Gasteiger partial charge in [0.05, 0.1) is 4.92 Å². The van der Waals surface area contributed by atoms with Crippen molar-refractivity contribution in [2.75, 3.05) is 5.32 Å². The molecule has 0 aromatic heterocycles. The molecule has 0 atom stereocenters. The summed E-state index contributed by atoms with van der Waals surface area (Å²) in [6.45, 7) is 4.88. The van der Waals surface area contributed by atoms with Gasteiger partial charge in [-0.25, -0.2) is 0 Å². The van der Waals surface area contributed by atoms with Gasteiger partial charge < -0.3 is 11.1 Å². The summed E-state index contributed by atoms with van der Waals surface area (Å²) in [5.74, 6) is -0.574. The summed E-state index contributed by atoms with van der Waals surface area (Å²) in [6, 6.07) is 4.70. The van der Waals surface area contributed by atoms with Gasteiger partial charge in [-0.3, -0.25) is 14.9 Å². The lowest BCUT2D eigenvalue weighted by Crippen LogP contribution is -2.45. The van der Waals surface area contributed by atoms with E-state index in [-0.39, 0.29) is 5.69 Å². The number of nitro benzene ring substituents is 1. The van der Waals surface area contributed by atoms with Crippen molar-refractivity contribution in [3.8, 4) is 0 Å². The second kappa shape index (κ2) is 4.40. The van der Waals surface area contributed by atoms with Crippen LogP contribution in [0, 0.1) is 17.0 Å². The van der Waals surface area contributed by atoms with E-state index in [0.29, 0.717) is 11.3 Å². The molecule has 3 N–H and O–H groups in total. The van der Waals surface area contributed by atoms with E-state index in [1.807, 2.05) is 0 Å². The van der Waals surface area contributed by atoms with Gasteiger partial charge in [-0.1, -0.05) is 12.1 Å². The number of nitrogens with two attached hydrogens (primary N) is 1. The van der Waals surface area contributed by atoms with Crippen LogP contribution in [0.15, 0.2) is 18.2 Å². The monoisotopic (exact) mass is 237 g/mol. The number of nitrogens with zero attached hydrogens (tertiary/aromatic N) is 1. The minimum atomic E-state index is -1.04. The highest BCUT2D eigenvalue weighted by Crippen LogP contribution is 2.30. The number of anilines is 1. The molecule has 0 saturated carbocycles. The van der Waals surface area contributed by atoms with Crippen molar-refractivity contribution in [2.45, 2.75) is 26.3 Å². The molecule has 0 aliphatic rings. The van der Waals surface area contributed by atoms with Gasteiger partial charge in [0.1, 0.15) is 11.2 Å². The third-order valence-corrected chi connectivity index (χ3v) is 2.50. The maximum atomic E-state index is 11.2. The molecule has 0 aliphatic heterocycles. The highest BCUT2D eigenvalue weighted by Gasteiger charge is 2.28. The van der Waals surface area contributed by atoms with Crippen LogP contribution in [0.2, 0.25) is 0 Å². The zero-order valence-electron chi connectivity index (χ0n) is 9.98. The van der Waals surface area contributed by atoms with E-state index in [4.69, 9.17) is 5.73 Å². The fraction of sp³-hybridized carbons (Fsp3) is 0.364. The molecule has 0 aliphatic carbocycles. The van der Waals surface area contributed by atoms with Crippen molar-refractivity contribution < 1.29 is 9.72 Å². The molecule has 92 valence electrons. The topological polar surface area (TPSA) is 98.3 Å². The minimum absolute atomic E-state index is 0.0701. The lowest BCUT2D eigenvalue weighted by Gasteiger charge is -2.24. The number of amides is 1. The highest BCUT2D eigenvalue weighted by atomic mass is 16.6. The Morgan fingerprint density at radius 3 is 2.53 bits per heavy atom. The molecule has 6 nitrogen and oxygen atoms in total. The van der Waals surface area contributed by atoms with Gasteiger partial charge in [0.15, 0.2) is 0 Å². The Hall–Kier alpha value is -2.11. The first-order valence-corrected chi connectivity index (χ1v) is 5.08. The maximum absolute atomic E-state index is 11.2. The van der Waals surface area contributed by atoms with Crippen LogP contribution < -0.4 is 11.1 Å². The molecule has 17 heavy (non-hydrogen) atoms. The number of carbonyl (C=O) groups is 1. The molecular formula is C11H15N3O3. The summed E-state index contributed by atoms with van der Waals surface area (Å²) < 4.78 is 0. The summed E-state index contributed by atoms with van der Waals surface area (Å²) in [5.41, 5.74) is 5.12. The van der Waals surface area contributed by atoms with Crippen molar-refractivity contribution in [3.63, 3.8) is 0 Å². The number of carbonyl (C=O) groups excluding carboxylic acids is 1. The van der Waals surface area contributed by atoms with Crippen molar-refractivity contribution in [1.29, 1.82) is 0 Å². The summed E-state index contributed by atoms with van der Waals surface area (Å²) in [7, 11) is 0. The molecule has 6 heteroatoms. The van der Waals surface area contributed by atoms with Gasteiger partial charge >= 0.3 is 0 Å². The van der Waals surface area contributed by atoms with E-state index in [9.17, 15) is 14.9 Å². The molecule has 0 radical (unpaired) electrons. The van der Waals surface area contributed by atoms with Crippen LogP contribution in [-0.4, -0.2) is 16.4 Å². The SMILES string of the molecule is Cc1cccc([N+](=O)[O-])c1NC(C)(C)C(N)=O. The average molecular weight is 237 g/mol. The minimum Gasteiger partial charge on any atom is -0.368 e. The van der Waals surface area contributed by atoms with Crippen LogP contribution in [-0.2, 0) is 4.79 Å². The van der Waals surface area contributed by atoms with Crippen molar-refractivity contribution >= 4 is 17.3 Å². The first kappa shape index (κ1) is 13.0. The number of rotatable bonds is 4. The molecule has 0 saturated heterocycles. The molecule has 1 aromatic rings. The first-order chi connectivity index (χ1) is 7.75. The number of aryl methyl sites for hydroxylation is 1. The van der Waals surface area contributed by atoms with E-state index in [2.05, 4.69) is 5.32 Å². The zero-order valence-corrected chi connectivity index (χ0v) is 9.98. The van der Waals surface area contributed by atoms with Crippen LogP contribution in [0.5, 0.6) is 0 Å². The largest absolute Gasteiger partial charge is 0.368 e. The van der Waals surface area contributed by atoms with Gasteiger partial charge in [0.2, 0.25) is 5.91 Å². The molecule has 1 aromatic carbocycles. The smallest absolute Gasteiger partial charge is 0.292 e. The van der Waals surface area contributed by atoms with E-state index in [1.54, 1.807) is 32.9 Å². The quantitative estimate of drug-likeness (QED) is 0.613. The highest BCUT2D eigenvalue weighted by molar-refractivity contribution is 5.88. The molecule has 0 unspecified atom stereocenters. The number of benzene rings is 1. The fourth-order valence-corrected chi connectivity index (χ4v) is 1.34. The van der Waals surface area contributed by atoms with Gasteiger partial charge in [-0.2, -0.15) is 0 Å². The predicted molar refractivity (Wildman–Crippen MR) is 64.7 cm³/mol. The summed E-state index contributed by atoms with van der Waals surface area (Å²) in [4.78, 5) is 21.6. The van der Waals surface area contributed by atoms with Gasteiger partial charge in [-0.15, -0.1) is 0 Å². The second-order valence-electron chi connectivity index (χ2n) is 4.34. The van der Waals surface area contributed by atoms with E-state index < -0.39 is 16.4 Å². The summed E-state index contributed by atoms with van der Waals surface area (Å²) in [5, 5.41) is 13.7. The zero-order chi connectivity index (χ0) is 13.2. The average Bonchev–Trinajstić information content (AvgIpc) is 2.20. The van der Waals surface area contributed by atoms with Crippen molar-refractivity contribution in [3.05, 3.63) is 33.9 Å². The Balaban J connectivity index is 3.22. The third-order valence-electron chi connectivity index (χ3n) is 2.50. The van der Waals surface area contributed by atoms with E-state index in [1.165, 1.54) is 6.07 Å². The summed E-state index contributed by atoms with van der Waals surface area (Å²) in [6.07, 6.45) is 0. The molecule has 0 bridgehead atoms. The lowest BCUT2D eigenvalue weighted by atomic mass is 10.0. The number of para-hydroxylation sites is 1. The molecule has 0 fully saturated rings. The van der Waals surface area contributed by atoms with Gasteiger partial charge in [0.25, 0.3) is 5.69 Å². The number of nitrogens with one attached hydrogen (secondary N) is 1. The van der Waals surface area contributed by atoms with Crippen LogP contribution in [0.1, 0.15) is 19.4 Å². The van der Waals surface area contributed by atoms with Crippen molar-refractivity contribution in [1.82, 2.24) is 0 Å². The van der Waals surface area contributed by atoms with Gasteiger partial charge in [0, 0.05) is 6.07 Å². The molecule has 0 spiro atoms. The van der Waals surface area contributed by atoms with Crippen LogP contribution in [0.4, 0.5) is 11.4 Å². The lowest BCUT2D eigenvalue weighted by molar-refractivity contribution is -0.384. The van der Waals surface area contributed by atoms with E-state index >= 15 is 0 Å². The van der Waals surface area contributed by atoms with E-state index in [0.717, 1.165) is 0 Å². The standard InChI is InChI=1S/C11H15N3O3/c1-7-5-4-6-8(14(16)17)9(7)13-11(2,3)10(12)15/h4-6,13H,1-3H3,(H2,12,15). The van der Waals surface area contributed by atoms with Crippen LogP contribution in [0.25, 0.3) is 0 Å². The maximum Gasteiger partial charge on any atom is 0.292 e. The molecule has 1 rings (SSSR count). The Morgan fingerprint density at radius 2 is 2.06 bits per heavy atom. The third kappa shape index (κ3) is 2.72. The Morgan fingerprint density at radius 1 is 1.47 bits per heavy atom. The Bertz CT molecular complexity index is 469. The fourth-order valence-electron chi connectivity index (χ4n) is 1.34. The molecule has 1 amide bonds.